The number of carboxylic acids is 1. The predicted molar refractivity (Wildman–Crippen MR) is 64.2 cm³/mol. The van der Waals surface area contributed by atoms with Crippen LogP contribution in [0.1, 0.15) is 44.7 Å². The van der Waals surface area contributed by atoms with Gasteiger partial charge in [-0.2, -0.15) is 0 Å². The third-order valence-corrected chi connectivity index (χ3v) is 3.48. The summed E-state index contributed by atoms with van der Waals surface area (Å²) in [6.07, 6.45) is 1.60. The largest absolute Gasteiger partial charge is 0.481 e. The molecule has 0 saturated carbocycles. The first-order valence-corrected chi connectivity index (χ1v) is 6.34. The quantitative estimate of drug-likeness (QED) is 0.834. The number of hydrogen-bond donors (Lipinski definition) is 1. The Morgan fingerprint density at radius 2 is 2.31 bits per heavy atom. The zero-order valence-electron chi connectivity index (χ0n) is 9.60. The molecule has 4 nitrogen and oxygen atoms in total. The fraction of sp³-hybridized carbons (Fsp3) is 0.636. The normalized spacial score (nSPS) is 12.6. The van der Waals surface area contributed by atoms with Crippen molar-refractivity contribution in [3.8, 4) is 0 Å². The maximum Gasteiger partial charge on any atom is 0.307 e. The Kier molecular flexibility index (Phi) is 4.73. The van der Waals surface area contributed by atoms with Crippen LogP contribution < -0.4 is 4.87 Å². The van der Waals surface area contributed by atoms with Gasteiger partial charge in [0.05, 0.1) is 0 Å². The third-order valence-electron chi connectivity index (χ3n) is 2.70. The van der Waals surface area contributed by atoms with E-state index in [2.05, 4.69) is 13.8 Å². The number of nitrogens with zero attached hydrogens (tertiary/aromatic N) is 1. The first kappa shape index (κ1) is 13.0. The second-order valence-corrected chi connectivity index (χ2v) is 4.71. The lowest BCUT2D eigenvalue weighted by Crippen LogP contribution is -2.18. The summed E-state index contributed by atoms with van der Waals surface area (Å²) in [6.45, 7) is 4.66. The van der Waals surface area contributed by atoms with E-state index in [4.69, 9.17) is 5.11 Å². The molecule has 1 N–H and O–H groups in total. The maximum atomic E-state index is 11.6. The lowest BCUT2D eigenvalue weighted by atomic mass is 10.1. The first-order valence-electron chi connectivity index (χ1n) is 5.46. The second kappa shape index (κ2) is 5.84. The zero-order chi connectivity index (χ0) is 12.1. The average Bonchev–Trinajstić information content (AvgIpc) is 2.59. The Balaban J connectivity index is 2.74. The van der Waals surface area contributed by atoms with Gasteiger partial charge in [-0.25, -0.2) is 0 Å². The lowest BCUT2D eigenvalue weighted by Gasteiger charge is -2.11. The van der Waals surface area contributed by atoms with Crippen molar-refractivity contribution in [2.75, 3.05) is 0 Å². The Labute approximate surface area is 98.5 Å². The summed E-state index contributed by atoms with van der Waals surface area (Å²) < 4.78 is 1.71. The molecule has 1 aromatic rings. The average molecular weight is 243 g/mol. The molecule has 0 aliphatic rings. The van der Waals surface area contributed by atoms with Crippen LogP contribution in [0.25, 0.3) is 0 Å². The molecule has 1 atom stereocenters. The molecule has 90 valence electrons. The van der Waals surface area contributed by atoms with Gasteiger partial charge in [0.15, 0.2) is 0 Å². The van der Waals surface area contributed by atoms with Crippen LogP contribution in [0, 0.1) is 0 Å². The fourth-order valence-corrected chi connectivity index (χ4v) is 2.45. The number of hydrogen-bond acceptors (Lipinski definition) is 3. The van der Waals surface area contributed by atoms with Crippen molar-refractivity contribution >= 4 is 17.3 Å². The van der Waals surface area contributed by atoms with E-state index in [0.29, 0.717) is 18.9 Å². The van der Waals surface area contributed by atoms with Crippen molar-refractivity contribution in [2.45, 2.75) is 45.6 Å². The molecule has 0 aliphatic carbocycles. The van der Waals surface area contributed by atoms with Crippen molar-refractivity contribution in [3.05, 3.63) is 20.7 Å². The van der Waals surface area contributed by atoms with Crippen LogP contribution in [-0.2, 0) is 11.3 Å². The number of thiazole rings is 1. The predicted octanol–water partition coefficient (Wildman–Crippen LogP) is 2.29. The molecule has 1 heterocycles. The highest BCUT2D eigenvalue weighted by atomic mass is 32.1. The molecule has 0 saturated heterocycles. The highest BCUT2D eigenvalue weighted by molar-refractivity contribution is 7.07. The third kappa shape index (κ3) is 3.20. The highest BCUT2D eigenvalue weighted by Gasteiger charge is 2.12. The fourth-order valence-electron chi connectivity index (χ4n) is 1.54. The summed E-state index contributed by atoms with van der Waals surface area (Å²) >= 11 is 1.19. The molecule has 0 bridgehead atoms. The van der Waals surface area contributed by atoms with Crippen LogP contribution in [0.15, 0.2) is 10.2 Å². The van der Waals surface area contributed by atoms with Crippen LogP contribution in [0.4, 0.5) is 0 Å². The molecule has 0 aromatic carbocycles. The van der Waals surface area contributed by atoms with Crippen molar-refractivity contribution < 1.29 is 9.90 Å². The summed E-state index contributed by atoms with van der Waals surface area (Å²) in [5.74, 6) is -0.461. The van der Waals surface area contributed by atoms with Gasteiger partial charge < -0.3 is 9.67 Å². The van der Waals surface area contributed by atoms with Crippen molar-refractivity contribution in [2.24, 2.45) is 0 Å². The molecule has 1 rings (SSSR count). The second-order valence-electron chi connectivity index (χ2n) is 3.88. The zero-order valence-corrected chi connectivity index (χ0v) is 10.4. The van der Waals surface area contributed by atoms with Crippen molar-refractivity contribution in [1.29, 1.82) is 0 Å². The summed E-state index contributed by atoms with van der Waals surface area (Å²) in [7, 11) is 0. The van der Waals surface area contributed by atoms with E-state index in [1.54, 1.807) is 4.57 Å². The van der Waals surface area contributed by atoms with Crippen molar-refractivity contribution in [1.82, 2.24) is 4.57 Å². The molecule has 5 heteroatoms. The molecule has 0 aliphatic heterocycles. The number of rotatable bonds is 6. The van der Waals surface area contributed by atoms with Crippen molar-refractivity contribution in [3.63, 3.8) is 0 Å². The molecule has 1 unspecified atom stereocenters. The number of carboxylic acid groups (broad SMARTS) is 1. The van der Waals surface area contributed by atoms with Gasteiger partial charge in [0.1, 0.15) is 0 Å². The monoisotopic (exact) mass is 243 g/mol. The van der Waals surface area contributed by atoms with E-state index in [1.165, 1.54) is 11.3 Å². The van der Waals surface area contributed by atoms with Gasteiger partial charge >= 0.3 is 10.8 Å². The van der Waals surface area contributed by atoms with Gasteiger partial charge in [0.2, 0.25) is 0 Å². The lowest BCUT2D eigenvalue weighted by molar-refractivity contribution is -0.137. The minimum absolute atomic E-state index is 0.0145. The molecule has 1 aromatic heterocycles. The Hall–Kier alpha value is -1.10. The maximum absolute atomic E-state index is 11.6. The van der Waals surface area contributed by atoms with Crippen LogP contribution in [0.5, 0.6) is 0 Å². The topological polar surface area (TPSA) is 59.3 Å². The minimum atomic E-state index is -0.812. The van der Waals surface area contributed by atoms with E-state index in [1.807, 2.05) is 5.38 Å². The van der Waals surface area contributed by atoms with Gasteiger partial charge in [-0.15, -0.1) is 0 Å². The van der Waals surface area contributed by atoms with E-state index >= 15 is 0 Å². The molecule has 0 fully saturated rings. The Morgan fingerprint density at radius 1 is 1.62 bits per heavy atom. The molecular weight excluding hydrogens is 226 g/mol. The van der Waals surface area contributed by atoms with E-state index in [-0.39, 0.29) is 11.3 Å². The summed E-state index contributed by atoms with van der Waals surface area (Å²) in [5.41, 5.74) is 1.03. The highest BCUT2D eigenvalue weighted by Crippen LogP contribution is 2.19. The summed E-state index contributed by atoms with van der Waals surface area (Å²) in [6, 6.07) is 0. The van der Waals surface area contributed by atoms with Crippen LogP contribution in [0.2, 0.25) is 0 Å². The number of carbonyl (C=O) groups is 1. The minimum Gasteiger partial charge on any atom is -0.481 e. The summed E-state index contributed by atoms with van der Waals surface area (Å²) in [5, 5.41) is 10.4. The van der Waals surface area contributed by atoms with Crippen LogP contribution >= 0.6 is 11.3 Å². The van der Waals surface area contributed by atoms with E-state index in [9.17, 15) is 9.59 Å². The van der Waals surface area contributed by atoms with Crippen LogP contribution in [-0.4, -0.2) is 15.6 Å². The Morgan fingerprint density at radius 3 is 2.88 bits per heavy atom. The number of aromatic nitrogens is 1. The summed E-state index contributed by atoms with van der Waals surface area (Å²) in [4.78, 5) is 22.0. The van der Waals surface area contributed by atoms with Crippen LogP contribution in [0.3, 0.4) is 0 Å². The Bertz CT molecular complexity index is 408. The molecule has 16 heavy (non-hydrogen) atoms. The van der Waals surface area contributed by atoms with Gasteiger partial charge in [-0.3, -0.25) is 9.59 Å². The van der Waals surface area contributed by atoms with E-state index in [0.717, 1.165) is 12.1 Å². The standard InChI is InChI=1S/C11H17NO3S/c1-3-8(2)9-7-16-11(15)12(9)6-4-5-10(13)14/h7-8H,3-6H2,1-2H3,(H,13,14). The SMILES string of the molecule is CCC(C)c1csc(=O)n1CCCC(=O)O. The molecule has 0 amide bonds. The van der Waals surface area contributed by atoms with Gasteiger partial charge in [0, 0.05) is 24.0 Å². The van der Waals surface area contributed by atoms with Gasteiger partial charge in [0.25, 0.3) is 0 Å². The molecule has 0 spiro atoms. The number of aliphatic carboxylic acids is 1. The first-order chi connectivity index (χ1) is 7.56. The smallest absolute Gasteiger partial charge is 0.307 e. The molecule has 0 radical (unpaired) electrons. The molecular formula is C11H17NO3S. The van der Waals surface area contributed by atoms with E-state index < -0.39 is 5.97 Å². The van der Waals surface area contributed by atoms with Gasteiger partial charge in [-0.1, -0.05) is 25.2 Å². The van der Waals surface area contributed by atoms with Gasteiger partial charge in [-0.05, 0) is 18.8 Å².